The highest BCUT2D eigenvalue weighted by Crippen LogP contribution is 2.48. The van der Waals surface area contributed by atoms with Crippen molar-refractivity contribution in [2.24, 2.45) is 0 Å². The molecule has 9 rings (SSSR count). The van der Waals surface area contributed by atoms with Gasteiger partial charge in [0.1, 0.15) is 11.5 Å². The first-order valence-corrected chi connectivity index (χ1v) is 14.1. The lowest BCUT2D eigenvalue weighted by Gasteiger charge is -2.22. The Bertz CT molecular complexity index is 2320. The Morgan fingerprint density at radius 3 is 2.00 bits per heavy atom. The molecule has 1 heterocycles. The molecule has 0 saturated heterocycles. The minimum absolute atomic E-state index is 0.907. The first-order valence-electron chi connectivity index (χ1n) is 14.1. The molecule has 8 aromatic rings. The van der Waals surface area contributed by atoms with Crippen LogP contribution in [0.1, 0.15) is 0 Å². The van der Waals surface area contributed by atoms with Gasteiger partial charge in [-0.3, -0.25) is 0 Å². The van der Waals surface area contributed by atoms with Crippen molar-refractivity contribution in [3.05, 3.63) is 146 Å². The van der Waals surface area contributed by atoms with E-state index in [1.165, 1.54) is 70.9 Å². The first-order chi connectivity index (χ1) is 20.3. The van der Waals surface area contributed by atoms with Crippen LogP contribution in [0.5, 0.6) is 11.5 Å². The molecule has 0 aliphatic carbocycles. The molecule has 1 heteroatoms. The second-order valence-electron chi connectivity index (χ2n) is 10.9. The number of hydrogen-bond acceptors (Lipinski definition) is 1. The van der Waals surface area contributed by atoms with E-state index in [4.69, 9.17) is 4.74 Å². The van der Waals surface area contributed by atoms with Crippen molar-refractivity contribution >= 4 is 43.1 Å². The molecule has 0 saturated carbocycles. The van der Waals surface area contributed by atoms with Crippen LogP contribution in [0.3, 0.4) is 0 Å². The van der Waals surface area contributed by atoms with Crippen molar-refractivity contribution in [1.29, 1.82) is 0 Å². The van der Waals surface area contributed by atoms with Crippen LogP contribution in [-0.4, -0.2) is 0 Å². The zero-order valence-electron chi connectivity index (χ0n) is 22.3. The van der Waals surface area contributed by atoms with E-state index < -0.39 is 0 Å². The number of fused-ring (bicyclic) bond motifs is 6. The average Bonchev–Trinajstić information content (AvgIpc) is 3.04. The Kier molecular flexibility index (Phi) is 4.67. The number of hydrogen-bond donors (Lipinski definition) is 0. The molecule has 0 spiro atoms. The van der Waals surface area contributed by atoms with Crippen LogP contribution in [-0.2, 0) is 0 Å². The van der Waals surface area contributed by atoms with Gasteiger partial charge in [-0.25, -0.2) is 0 Å². The smallest absolute Gasteiger partial charge is 0.135 e. The zero-order chi connectivity index (χ0) is 26.9. The summed E-state index contributed by atoms with van der Waals surface area (Å²) in [5, 5.41) is 10.0. The van der Waals surface area contributed by atoms with Crippen molar-refractivity contribution in [1.82, 2.24) is 0 Å². The van der Waals surface area contributed by atoms with Crippen LogP contribution in [0, 0.1) is 0 Å². The zero-order valence-corrected chi connectivity index (χ0v) is 22.3. The summed E-state index contributed by atoms with van der Waals surface area (Å²) in [7, 11) is 0. The second kappa shape index (κ2) is 8.55. The van der Waals surface area contributed by atoms with E-state index in [0.29, 0.717) is 0 Å². The van der Waals surface area contributed by atoms with Crippen LogP contribution in [0.2, 0.25) is 0 Å². The summed E-state index contributed by atoms with van der Waals surface area (Å²) >= 11 is 0. The predicted octanol–water partition coefficient (Wildman–Crippen LogP) is 11.4. The Labute approximate surface area is 237 Å². The van der Waals surface area contributed by atoms with Crippen molar-refractivity contribution in [3.8, 4) is 44.9 Å². The Balaban J connectivity index is 1.31. The van der Waals surface area contributed by atoms with E-state index in [1.807, 2.05) is 0 Å². The largest absolute Gasteiger partial charge is 0.456 e. The summed E-state index contributed by atoms with van der Waals surface area (Å²) < 4.78 is 6.37. The van der Waals surface area contributed by atoms with E-state index in [9.17, 15) is 0 Å². The monoisotopic (exact) mass is 520 g/mol. The molecule has 1 aliphatic rings. The van der Waals surface area contributed by atoms with Crippen molar-refractivity contribution in [2.45, 2.75) is 0 Å². The third kappa shape index (κ3) is 3.36. The molecular weight excluding hydrogens is 496 g/mol. The van der Waals surface area contributed by atoms with Gasteiger partial charge in [-0.15, -0.1) is 0 Å². The molecule has 8 aromatic carbocycles. The van der Waals surface area contributed by atoms with Gasteiger partial charge in [0.15, 0.2) is 0 Å². The van der Waals surface area contributed by atoms with E-state index in [0.717, 1.165) is 17.1 Å². The van der Waals surface area contributed by atoms with Crippen molar-refractivity contribution < 1.29 is 4.74 Å². The normalized spacial score (nSPS) is 12.1. The molecule has 41 heavy (non-hydrogen) atoms. The molecule has 0 unspecified atom stereocenters. The summed E-state index contributed by atoms with van der Waals surface area (Å²) in [6.45, 7) is 0. The standard InChI is InChI=1S/C40H24O/c1-2-8-27(9-3-1)39-32-13-5-4-10-30(32)22-31-19-17-25-16-18-28(23-34(25)40(31)39)29-20-21-36-35(24-29)33-14-6-11-26-12-7-15-37(41-36)38(26)33/h1-24H. The molecule has 0 fully saturated rings. The molecule has 0 bridgehead atoms. The quantitative estimate of drug-likeness (QED) is 0.163. The maximum atomic E-state index is 6.37. The van der Waals surface area contributed by atoms with E-state index in [-0.39, 0.29) is 0 Å². The summed E-state index contributed by atoms with van der Waals surface area (Å²) in [6, 6.07) is 52.7. The summed E-state index contributed by atoms with van der Waals surface area (Å²) in [4.78, 5) is 0. The number of benzene rings is 8. The average molecular weight is 521 g/mol. The molecule has 1 nitrogen and oxygen atoms in total. The van der Waals surface area contributed by atoms with Crippen LogP contribution in [0.25, 0.3) is 76.5 Å². The summed E-state index contributed by atoms with van der Waals surface area (Å²) in [5.41, 5.74) is 7.29. The molecule has 1 aliphatic heterocycles. The fourth-order valence-electron chi connectivity index (χ4n) is 6.72. The van der Waals surface area contributed by atoms with Crippen LogP contribution in [0.4, 0.5) is 0 Å². The maximum absolute atomic E-state index is 6.37. The van der Waals surface area contributed by atoms with Gasteiger partial charge in [-0.1, -0.05) is 115 Å². The van der Waals surface area contributed by atoms with Crippen molar-refractivity contribution in [3.63, 3.8) is 0 Å². The minimum Gasteiger partial charge on any atom is -0.456 e. The lowest BCUT2D eigenvalue weighted by Crippen LogP contribution is -1.97. The van der Waals surface area contributed by atoms with Crippen LogP contribution >= 0.6 is 0 Å². The highest BCUT2D eigenvalue weighted by Gasteiger charge is 2.20. The minimum atomic E-state index is 0.907. The number of ether oxygens (including phenoxy) is 1. The molecular formula is C40H24O. The van der Waals surface area contributed by atoms with Gasteiger partial charge in [0.25, 0.3) is 0 Å². The van der Waals surface area contributed by atoms with E-state index in [2.05, 4.69) is 146 Å². The van der Waals surface area contributed by atoms with Gasteiger partial charge in [-0.2, -0.15) is 0 Å². The maximum Gasteiger partial charge on any atom is 0.135 e. The van der Waals surface area contributed by atoms with Gasteiger partial charge in [0.2, 0.25) is 0 Å². The van der Waals surface area contributed by atoms with E-state index >= 15 is 0 Å². The Morgan fingerprint density at radius 1 is 0.341 bits per heavy atom. The third-order valence-electron chi connectivity index (χ3n) is 8.60. The third-order valence-corrected chi connectivity index (χ3v) is 8.60. The van der Waals surface area contributed by atoms with Gasteiger partial charge < -0.3 is 4.74 Å². The van der Waals surface area contributed by atoms with Crippen LogP contribution in [0.15, 0.2) is 146 Å². The molecule has 0 aromatic heterocycles. The first kappa shape index (κ1) is 22.4. The van der Waals surface area contributed by atoms with Gasteiger partial charge in [-0.05, 0) is 95.9 Å². The molecule has 190 valence electrons. The fraction of sp³-hybridized carbons (Fsp3) is 0. The summed E-state index contributed by atoms with van der Waals surface area (Å²) in [5.74, 6) is 1.83. The molecule has 0 amide bonds. The van der Waals surface area contributed by atoms with Gasteiger partial charge in [0, 0.05) is 10.9 Å². The lowest BCUT2D eigenvalue weighted by molar-refractivity contribution is 0.487. The van der Waals surface area contributed by atoms with E-state index in [1.54, 1.807) is 0 Å². The van der Waals surface area contributed by atoms with Crippen LogP contribution < -0.4 is 4.74 Å². The molecule has 0 N–H and O–H groups in total. The highest BCUT2D eigenvalue weighted by molar-refractivity contribution is 6.22. The Morgan fingerprint density at radius 2 is 1.07 bits per heavy atom. The second-order valence-corrected chi connectivity index (χ2v) is 10.9. The fourth-order valence-corrected chi connectivity index (χ4v) is 6.72. The highest BCUT2D eigenvalue weighted by atomic mass is 16.5. The van der Waals surface area contributed by atoms with Crippen molar-refractivity contribution in [2.75, 3.05) is 0 Å². The topological polar surface area (TPSA) is 9.23 Å². The van der Waals surface area contributed by atoms with Gasteiger partial charge >= 0.3 is 0 Å². The number of rotatable bonds is 2. The molecule has 0 radical (unpaired) electrons. The lowest BCUT2D eigenvalue weighted by atomic mass is 9.88. The molecule has 0 atom stereocenters. The predicted molar refractivity (Wildman–Crippen MR) is 173 cm³/mol. The summed E-state index contributed by atoms with van der Waals surface area (Å²) in [6.07, 6.45) is 0. The SMILES string of the molecule is c1ccc(-c2c3ccccc3cc3ccc4ccc(-c5ccc6c(c5)-c5cccc7cccc(c57)O6)cc4c23)cc1. The van der Waals surface area contributed by atoms with Gasteiger partial charge in [0.05, 0.1) is 0 Å². The Hall–Kier alpha value is -5.40.